The van der Waals surface area contributed by atoms with Crippen molar-refractivity contribution in [1.29, 1.82) is 0 Å². The van der Waals surface area contributed by atoms with Crippen molar-refractivity contribution in [3.8, 4) is 5.75 Å². The van der Waals surface area contributed by atoms with Crippen LogP contribution in [0.4, 0.5) is 5.69 Å². The lowest BCUT2D eigenvalue weighted by Crippen LogP contribution is -2.49. The lowest BCUT2D eigenvalue weighted by molar-refractivity contribution is -0.123. The first-order chi connectivity index (χ1) is 25.0. The summed E-state index contributed by atoms with van der Waals surface area (Å²) < 4.78 is 5.92. The number of aliphatic hydroxyl groups is 1. The molecule has 0 radical (unpaired) electrons. The number of carbonyl (C=O) groups excluding carboxylic acids is 2. The van der Waals surface area contributed by atoms with Gasteiger partial charge >= 0.3 is 0 Å². The van der Waals surface area contributed by atoms with Crippen molar-refractivity contribution in [3.63, 3.8) is 0 Å². The summed E-state index contributed by atoms with van der Waals surface area (Å²) >= 11 is 0. The molecule has 1 fully saturated rings. The summed E-state index contributed by atoms with van der Waals surface area (Å²) in [5.41, 5.74) is 9.70. The van der Waals surface area contributed by atoms with E-state index in [9.17, 15) is 14.7 Å². The van der Waals surface area contributed by atoms with Gasteiger partial charge in [-0.25, -0.2) is 0 Å². The van der Waals surface area contributed by atoms with Gasteiger partial charge in [-0.1, -0.05) is 129 Å². The Labute approximate surface area is 303 Å². The number of hydrogen-bond acceptors (Lipinski definition) is 6. The van der Waals surface area contributed by atoms with Gasteiger partial charge in [0.05, 0.1) is 11.8 Å². The van der Waals surface area contributed by atoms with Crippen LogP contribution >= 0.6 is 0 Å². The molecular weight excluding hydrogens is 636 g/mol. The molecular formula is C43H54N4O4. The molecule has 270 valence electrons. The molecule has 5 rings (SSSR count). The zero-order valence-corrected chi connectivity index (χ0v) is 29.7. The number of hydrogen-bond donors (Lipinski definition) is 4. The summed E-state index contributed by atoms with van der Waals surface area (Å²) in [7, 11) is 0. The van der Waals surface area contributed by atoms with E-state index in [1.165, 1.54) is 25.7 Å². The number of nitrogens with zero attached hydrogens (tertiary/aromatic N) is 1. The molecule has 5 N–H and O–H groups in total. The number of likely N-dealkylation sites (tertiary alicyclic amines) is 1. The molecule has 8 heteroatoms. The molecule has 0 saturated carbocycles. The first kappa shape index (κ1) is 37.7. The van der Waals surface area contributed by atoms with Gasteiger partial charge in [-0.05, 0) is 79.2 Å². The topological polar surface area (TPSA) is 117 Å². The van der Waals surface area contributed by atoms with Crippen molar-refractivity contribution in [2.45, 2.75) is 69.5 Å². The monoisotopic (exact) mass is 690 g/mol. The van der Waals surface area contributed by atoms with Crippen molar-refractivity contribution < 1.29 is 19.4 Å². The fourth-order valence-electron chi connectivity index (χ4n) is 7.53. The predicted octanol–water partition coefficient (Wildman–Crippen LogP) is 6.98. The molecule has 0 spiro atoms. The predicted molar refractivity (Wildman–Crippen MR) is 204 cm³/mol. The molecule has 1 aliphatic heterocycles. The number of nitrogens with two attached hydrogens (primary N) is 1. The second kappa shape index (κ2) is 19.8. The van der Waals surface area contributed by atoms with Crippen LogP contribution in [0.1, 0.15) is 79.7 Å². The molecule has 8 nitrogen and oxygen atoms in total. The van der Waals surface area contributed by atoms with Crippen molar-refractivity contribution in [1.82, 2.24) is 10.2 Å². The van der Waals surface area contributed by atoms with E-state index in [2.05, 4.69) is 39.8 Å². The maximum Gasteiger partial charge on any atom is 0.232 e. The van der Waals surface area contributed by atoms with Crippen LogP contribution in [0, 0.1) is 5.92 Å². The standard InChI is InChI=1S/C43H54N4O4/c44-42(50)43(36-19-11-7-12-20-36,37-21-13-8-14-22-37)38-25-28-47(31-38)27-16-5-3-1-2-4-15-26-45-30-40(49)35-23-24-41(39(29-35)46-33-48)51-32-34-17-9-6-10-18-34/h6-14,17-24,29,33,38,40,45,49H,1-5,15-16,25-28,30-32H2,(H2,44,50)(H,46,48)/t38?,40-/m1/s1. The van der Waals surface area contributed by atoms with E-state index in [0.717, 1.165) is 74.1 Å². The Morgan fingerprint density at radius 3 is 2.10 bits per heavy atom. The third-order valence-corrected chi connectivity index (χ3v) is 10.2. The van der Waals surface area contributed by atoms with Gasteiger partial charge < -0.3 is 31.1 Å². The highest BCUT2D eigenvalue weighted by atomic mass is 16.5. The second-order valence-electron chi connectivity index (χ2n) is 13.7. The van der Waals surface area contributed by atoms with Gasteiger partial charge in [-0.2, -0.15) is 0 Å². The van der Waals surface area contributed by atoms with Gasteiger partial charge in [0.15, 0.2) is 0 Å². The number of carbonyl (C=O) groups is 2. The second-order valence-corrected chi connectivity index (χ2v) is 13.7. The van der Waals surface area contributed by atoms with Crippen molar-refractivity contribution >= 4 is 18.0 Å². The Balaban J connectivity index is 0.954. The number of primary amides is 1. The van der Waals surface area contributed by atoms with Crippen LogP contribution < -0.4 is 21.1 Å². The molecule has 0 aromatic heterocycles. The Kier molecular flexibility index (Phi) is 14.6. The molecule has 2 atom stereocenters. The van der Waals surface area contributed by atoms with E-state index in [-0.39, 0.29) is 11.8 Å². The molecule has 1 saturated heterocycles. The van der Waals surface area contributed by atoms with Crippen molar-refractivity contribution in [3.05, 3.63) is 131 Å². The lowest BCUT2D eigenvalue weighted by atomic mass is 9.64. The van der Waals surface area contributed by atoms with Crippen LogP contribution in [0.3, 0.4) is 0 Å². The third kappa shape index (κ3) is 10.3. The quantitative estimate of drug-likeness (QED) is 0.0523. The number of benzene rings is 4. The average molecular weight is 691 g/mol. The minimum atomic E-state index is -0.827. The molecule has 2 amide bonds. The van der Waals surface area contributed by atoms with Crippen molar-refractivity contribution in [2.24, 2.45) is 11.7 Å². The highest BCUT2D eigenvalue weighted by Gasteiger charge is 2.49. The van der Waals surface area contributed by atoms with E-state index < -0.39 is 11.5 Å². The van der Waals surface area contributed by atoms with E-state index in [1.807, 2.05) is 72.8 Å². The molecule has 0 bridgehead atoms. The number of nitrogens with one attached hydrogen (secondary N) is 2. The summed E-state index contributed by atoms with van der Waals surface area (Å²) in [6.45, 7) is 4.61. The van der Waals surface area contributed by atoms with E-state index in [1.54, 1.807) is 12.1 Å². The summed E-state index contributed by atoms with van der Waals surface area (Å²) in [4.78, 5) is 27.0. The van der Waals surface area contributed by atoms with Gasteiger partial charge in [0.2, 0.25) is 12.3 Å². The van der Waals surface area contributed by atoms with Crippen LogP contribution in [0.15, 0.2) is 109 Å². The van der Waals surface area contributed by atoms with Gasteiger partial charge in [0.25, 0.3) is 0 Å². The molecule has 1 aliphatic rings. The molecule has 1 unspecified atom stereocenters. The molecule has 0 aliphatic carbocycles. The number of ether oxygens (including phenoxy) is 1. The minimum absolute atomic E-state index is 0.136. The first-order valence-corrected chi connectivity index (χ1v) is 18.5. The lowest BCUT2D eigenvalue weighted by Gasteiger charge is -2.37. The van der Waals surface area contributed by atoms with Crippen LogP contribution in [0.25, 0.3) is 0 Å². The SMILES string of the molecule is NC(=O)C(c1ccccc1)(c1ccccc1)C1CCN(CCCCCCCCCNC[C@@H](O)c2ccc(OCc3ccccc3)c(NC=O)c2)C1. The maximum atomic E-state index is 13.3. The van der Waals surface area contributed by atoms with Gasteiger partial charge in [-0.15, -0.1) is 0 Å². The highest BCUT2D eigenvalue weighted by Crippen LogP contribution is 2.43. The van der Waals surface area contributed by atoms with Gasteiger partial charge in [0, 0.05) is 13.1 Å². The zero-order chi connectivity index (χ0) is 35.7. The summed E-state index contributed by atoms with van der Waals surface area (Å²) in [5.74, 6) is 0.432. The van der Waals surface area contributed by atoms with Gasteiger partial charge in [0.1, 0.15) is 17.8 Å². The third-order valence-electron chi connectivity index (χ3n) is 10.2. The highest BCUT2D eigenvalue weighted by molar-refractivity contribution is 5.91. The normalized spacial score (nSPS) is 15.4. The number of anilines is 1. The summed E-state index contributed by atoms with van der Waals surface area (Å²) in [5, 5.41) is 16.8. The molecule has 51 heavy (non-hydrogen) atoms. The fourth-order valence-corrected chi connectivity index (χ4v) is 7.53. The number of rotatable bonds is 22. The summed E-state index contributed by atoms with van der Waals surface area (Å²) in [6.07, 6.45) is 9.14. The first-order valence-electron chi connectivity index (χ1n) is 18.5. The Hall–Kier alpha value is -4.50. The van der Waals surface area contributed by atoms with Crippen LogP contribution in [-0.4, -0.2) is 55.0 Å². The number of amides is 2. The number of aliphatic hydroxyl groups excluding tert-OH is 1. The van der Waals surface area contributed by atoms with E-state index >= 15 is 0 Å². The van der Waals surface area contributed by atoms with Crippen molar-refractivity contribution in [2.75, 3.05) is 38.0 Å². The summed E-state index contributed by atoms with van der Waals surface area (Å²) in [6, 6.07) is 35.4. The average Bonchev–Trinajstić information content (AvgIpc) is 3.63. The number of unbranched alkanes of at least 4 members (excludes halogenated alkanes) is 6. The van der Waals surface area contributed by atoms with Crippen LogP contribution in [-0.2, 0) is 21.6 Å². The molecule has 4 aromatic rings. The molecule has 1 heterocycles. The van der Waals surface area contributed by atoms with E-state index in [0.29, 0.717) is 31.0 Å². The Morgan fingerprint density at radius 1 is 0.863 bits per heavy atom. The van der Waals surface area contributed by atoms with Gasteiger partial charge in [-0.3, -0.25) is 9.59 Å². The minimum Gasteiger partial charge on any atom is -0.487 e. The Bertz CT molecular complexity index is 1580. The molecule has 4 aromatic carbocycles. The van der Waals surface area contributed by atoms with Crippen LogP contribution in [0.2, 0.25) is 0 Å². The zero-order valence-electron chi connectivity index (χ0n) is 29.7. The largest absolute Gasteiger partial charge is 0.487 e. The maximum absolute atomic E-state index is 13.3. The van der Waals surface area contributed by atoms with E-state index in [4.69, 9.17) is 10.5 Å². The smallest absolute Gasteiger partial charge is 0.232 e. The fraction of sp³-hybridized carbons (Fsp3) is 0.395. The Morgan fingerprint density at radius 2 is 1.47 bits per heavy atom. The van der Waals surface area contributed by atoms with Crippen LogP contribution in [0.5, 0.6) is 5.75 Å².